The number of halogens is 2. The Bertz CT molecular complexity index is 308. The molecular weight excluding hydrogens is 235 g/mol. The van der Waals surface area contributed by atoms with E-state index in [-0.39, 0.29) is 5.41 Å². The van der Waals surface area contributed by atoms with Crippen LogP contribution in [0.4, 0.5) is 4.39 Å². The number of hydrogen-bond acceptors (Lipinski definition) is 2. The van der Waals surface area contributed by atoms with Crippen molar-refractivity contribution in [3.63, 3.8) is 0 Å². The third-order valence-electron chi connectivity index (χ3n) is 1.65. The molecule has 0 atom stereocenters. The lowest BCUT2D eigenvalue weighted by Crippen LogP contribution is -2.17. The Morgan fingerprint density at radius 3 is 2.15 bits per heavy atom. The topological polar surface area (TPSA) is 25.8 Å². The first-order valence-corrected chi connectivity index (χ1v) is 4.82. The van der Waals surface area contributed by atoms with Gasteiger partial charge in [-0.3, -0.25) is 0 Å². The van der Waals surface area contributed by atoms with Crippen molar-refractivity contribution >= 4 is 15.9 Å². The van der Waals surface area contributed by atoms with Crippen molar-refractivity contribution in [1.29, 1.82) is 0 Å². The summed E-state index contributed by atoms with van der Waals surface area (Å²) in [7, 11) is 0. The SMILES string of the molecule is Cc1nc(C(C)(C)C)nc(F)c1Br. The van der Waals surface area contributed by atoms with Gasteiger partial charge in [0.1, 0.15) is 5.82 Å². The van der Waals surface area contributed by atoms with Crippen LogP contribution in [-0.2, 0) is 5.41 Å². The van der Waals surface area contributed by atoms with E-state index < -0.39 is 5.95 Å². The Hall–Kier alpha value is -0.510. The van der Waals surface area contributed by atoms with Crippen LogP contribution in [0.25, 0.3) is 0 Å². The molecule has 2 nitrogen and oxygen atoms in total. The first-order valence-electron chi connectivity index (χ1n) is 4.02. The maximum atomic E-state index is 13.2. The van der Waals surface area contributed by atoms with Crippen molar-refractivity contribution in [2.24, 2.45) is 0 Å². The lowest BCUT2D eigenvalue weighted by atomic mass is 9.96. The van der Waals surface area contributed by atoms with E-state index in [0.717, 1.165) is 0 Å². The quantitative estimate of drug-likeness (QED) is 0.658. The molecule has 4 heteroatoms. The summed E-state index contributed by atoms with van der Waals surface area (Å²) in [5, 5.41) is 0. The first kappa shape index (κ1) is 10.6. The summed E-state index contributed by atoms with van der Waals surface area (Å²) in [4.78, 5) is 7.99. The van der Waals surface area contributed by atoms with E-state index in [9.17, 15) is 4.39 Å². The van der Waals surface area contributed by atoms with Crippen molar-refractivity contribution < 1.29 is 4.39 Å². The molecule has 0 radical (unpaired) electrons. The van der Waals surface area contributed by atoms with Gasteiger partial charge >= 0.3 is 0 Å². The first-order chi connectivity index (χ1) is 5.82. The number of rotatable bonds is 0. The smallest absolute Gasteiger partial charge is 0.230 e. The number of aromatic nitrogens is 2. The van der Waals surface area contributed by atoms with Gasteiger partial charge in [0.05, 0.1) is 10.2 Å². The Balaban J connectivity index is 3.29. The maximum absolute atomic E-state index is 13.2. The minimum absolute atomic E-state index is 0.216. The minimum Gasteiger partial charge on any atom is -0.236 e. The van der Waals surface area contributed by atoms with Gasteiger partial charge in [0.25, 0.3) is 0 Å². The van der Waals surface area contributed by atoms with Gasteiger partial charge < -0.3 is 0 Å². The molecule has 0 saturated heterocycles. The van der Waals surface area contributed by atoms with Gasteiger partial charge in [0.2, 0.25) is 5.95 Å². The summed E-state index contributed by atoms with van der Waals surface area (Å²) in [6, 6.07) is 0. The average Bonchev–Trinajstić information content (AvgIpc) is 1.97. The third-order valence-corrected chi connectivity index (χ3v) is 2.55. The standard InChI is InChI=1S/C9H12BrFN2/c1-5-6(10)7(11)13-8(12-5)9(2,3)4/h1-4H3. The highest BCUT2D eigenvalue weighted by molar-refractivity contribution is 9.10. The summed E-state index contributed by atoms with van der Waals surface area (Å²) in [6.45, 7) is 7.61. The van der Waals surface area contributed by atoms with Gasteiger partial charge in [-0.25, -0.2) is 9.97 Å². The van der Waals surface area contributed by atoms with Gasteiger partial charge in [-0.15, -0.1) is 0 Å². The van der Waals surface area contributed by atoms with Gasteiger partial charge in [-0.2, -0.15) is 4.39 Å². The molecule has 0 spiro atoms. The molecule has 0 N–H and O–H groups in total. The van der Waals surface area contributed by atoms with Crippen LogP contribution in [0, 0.1) is 12.9 Å². The molecule has 0 fully saturated rings. The summed E-state index contributed by atoms with van der Waals surface area (Å²) in [5.41, 5.74) is 0.421. The number of aryl methyl sites for hydroxylation is 1. The highest BCUT2D eigenvalue weighted by atomic mass is 79.9. The Kier molecular flexibility index (Phi) is 2.71. The van der Waals surface area contributed by atoms with E-state index in [1.165, 1.54) is 0 Å². The summed E-state index contributed by atoms with van der Waals surface area (Å²) in [5.74, 6) is 0.0446. The van der Waals surface area contributed by atoms with Crippen LogP contribution in [0.3, 0.4) is 0 Å². The molecule has 0 saturated carbocycles. The monoisotopic (exact) mass is 246 g/mol. The van der Waals surface area contributed by atoms with Gasteiger partial charge in [-0.05, 0) is 22.9 Å². The van der Waals surface area contributed by atoms with Crippen LogP contribution < -0.4 is 0 Å². The molecule has 1 heterocycles. The molecule has 0 bridgehead atoms. The third kappa shape index (κ3) is 2.24. The molecule has 72 valence electrons. The molecule has 1 aromatic rings. The second-order valence-electron chi connectivity index (χ2n) is 3.99. The molecule has 1 rings (SSSR count). The van der Waals surface area contributed by atoms with E-state index in [1.807, 2.05) is 20.8 Å². The van der Waals surface area contributed by atoms with Crippen LogP contribution in [0.2, 0.25) is 0 Å². The van der Waals surface area contributed by atoms with Crippen molar-refractivity contribution in [1.82, 2.24) is 9.97 Å². The lowest BCUT2D eigenvalue weighted by molar-refractivity contribution is 0.496. The zero-order valence-corrected chi connectivity index (χ0v) is 9.74. The van der Waals surface area contributed by atoms with Gasteiger partial charge in [0.15, 0.2) is 0 Å². The molecule has 0 aromatic carbocycles. The highest BCUT2D eigenvalue weighted by Crippen LogP contribution is 2.23. The Morgan fingerprint density at radius 1 is 1.23 bits per heavy atom. The highest BCUT2D eigenvalue weighted by Gasteiger charge is 2.20. The minimum atomic E-state index is -0.488. The van der Waals surface area contributed by atoms with E-state index in [4.69, 9.17) is 0 Å². The van der Waals surface area contributed by atoms with Crippen molar-refractivity contribution in [3.05, 3.63) is 21.9 Å². The van der Waals surface area contributed by atoms with Crippen molar-refractivity contribution in [2.75, 3.05) is 0 Å². The van der Waals surface area contributed by atoms with E-state index in [0.29, 0.717) is 16.0 Å². The zero-order chi connectivity index (χ0) is 10.2. The van der Waals surface area contributed by atoms with E-state index in [1.54, 1.807) is 6.92 Å². The van der Waals surface area contributed by atoms with Crippen molar-refractivity contribution in [2.45, 2.75) is 33.1 Å². The van der Waals surface area contributed by atoms with Crippen molar-refractivity contribution in [3.8, 4) is 0 Å². The lowest BCUT2D eigenvalue weighted by Gasteiger charge is -2.17. The van der Waals surface area contributed by atoms with Gasteiger partial charge in [-0.1, -0.05) is 20.8 Å². The molecule has 1 aromatic heterocycles. The summed E-state index contributed by atoms with van der Waals surface area (Å²) < 4.78 is 13.5. The van der Waals surface area contributed by atoms with Crippen LogP contribution in [0.15, 0.2) is 4.47 Å². The van der Waals surface area contributed by atoms with Crippen LogP contribution >= 0.6 is 15.9 Å². The fourth-order valence-corrected chi connectivity index (χ4v) is 1.04. The average molecular weight is 247 g/mol. The molecule has 0 amide bonds. The molecule has 0 aliphatic rings. The van der Waals surface area contributed by atoms with Crippen LogP contribution in [-0.4, -0.2) is 9.97 Å². The maximum Gasteiger partial charge on any atom is 0.230 e. The Morgan fingerprint density at radius 2 is 1.77 bits per heavy atom. The normalized spacial score (nSPS) is 11.8. The fraction of sp³-hybridized carbons (Fsp3) is 0.556. The summed E-state index contributed by atoms with van der Waals surface area (Å²) >= 11 is 3.08. The largest absolute Gasteiger partial charge is 0.236 e. The second-order valence-corrected chi connectivity index (χ2v) is 4.78. The van der Waals surface area contributed by atoms with Gasteiger partial charge in [0, 0.05) is 5.41 Å². The molecule has 0 aliphatic carbocycles. The Labute approximate surface area is 85.7 Å². The van der Waals surface area contributed by atoms with E-state index in [2.05, 4.69) is 25.9 Å². The zero-order valence-electron chi connectivity index (χ0n) is 8.15. The molecule has 13 heavy (non-hydrogen) atoms. The fourth-order valence-electron chi connectivity index (χ4n) is 0.860. The van der Waals surface area contributed by atoms with Crippen LogP contribution in [0.1, 0.15) is 32.3 Å². The number of nitrogens with zero attached hydrogens (tertiary/aromatic N) is 2. The van der Waals surface area contributed by atoms with E-state index >= 15 is 0 Å². The summed E-state index contributed by atoms with van der Waals surface area (Å²) in [6.07, 6.45) is 0. The predicted octanol–water partition coefficient (Wildman–Crippen LogP) is 2.98. The van der Waals surface area contributed by atoms with Crippen LogP contribution in [0.5, 0.6) is 0 Å². The molecular formula is C9H12BrFN2. The number of hydrogen-bond donors (Lipinski definition) is 0. The molecule has 0 unspecified atom stereocenters. The second kappa shape index (κ2) is 3.33. The predicted molar refractivity (Wildman–Crippen MR) is 53.1 cm³/mol. The molecule has 0 aliphatic heterocycles.